The molecular formula is C14H9BrF2N2OS. The van der Waals surface area contributed by atoms with Crippen molar-refractivity contribution in [2.24, 2.45) is 0 Å². The standard InChI is InChI=1S/C14H9BrF2N2OS/c1-6-7(2)21-14-11(6)13(18-5-19-14)20-10-4-8(15)3-9(16)12(10)17/h3-5H,1-2H3. The van der Waals surface area contributed by atoms with E-state index in [2.05, 4.69) is 25.9 Å². The molecule has 0 aliphatic carbocycles. The molecule has 0 saturated carbocycles. The summed E-state index contributed by atoms with van der Waals surface area (Å²) in [6.45, 7) is 3.88. The molecule has 0 atom stereocenters. The zero-order chi connectivity index (χ0) is 15.1. The number of rotatable bonds is 2. The first kappa shape index (κ1) is 14.3. The number of ether oxygens (including phenoxy) is 1. The fourth-order valence-corrected chi connectivity index (χ4v) is 3.33. The lowest BCUT2D eigenvalue weighted by atomic mass is 10.2. The molecule has 3 aromatic rings. The van der Waals surface area contributed by atoms with Gasteiger partial charge in [-0.05, 0) is 31.5 Å². The summed E-state index contributed by atoms with van der Waals surface area (Å²) in [7, 11) is 0. The van der Waals surface area contributed by atoms with Crippen LogP contribution in [0.25, 0.3) is 10.2 Å². The molecule has 0 saturated heterocycles. The Bertz CT molecular complexity index is 851. The Morgan fingerprint density at radius 3 is 2.71 bits per heavy atom. The Kier molecular flexibility index (Phi) is 3.62. The number of nitrogens with zero attached hydrogens (tertiary/aromatic N) is 2. The molecule has 21 heavy (non-hydrogen) atoms. The number of hydrogen-bond donors (Lipinski definition) is 0. The summed E-state index contributed by atoms with van der Waals surface area (Å²) in [5, 5.41) is 0.722. The van der Waals surface area contributed by atoms with Crippen LogP contribution in [0.5, 0.6) is 11.6 Å². The van der Waals surface area contributed by atoms with Crippen LogP contribution >= 0.6 is 27.3 Å². The Balaban J connectivity index is 2.15. The highest BCUT2D eigenvalue weighted by atomic mass is 79.9. The van der Waals surface area contributed by atoms with Gasteiger partial charge in [-0.25, -0.2) is 14.4 Å². The van der Waals surface area contributed by atoms with Gasteiger partial charge >= 0.3 is 0 Å². The van der Waals surface area contributed by atoms with E-state index in [0.717, 1.165) is 26.7 Å². The van der Waals surface area contributed by atoms with Gasteiger partial charge in [-0.1, -0.05) is 15.9 Å². The van der Waals surface area contributed by atoms with E-state index in [0.29, 0.717) is 4.47 Å². The number of hydrogen-bond acceptors (Lipinski definition) is 4. The van der Waals surface area contributed by atoms with Crippen molar-refractivity contribution in [3.63, 3.8) is 0 Å². The van der Waals surface area contributed by atoms with Crippen LogP contribution in [-0.4, -0.2) is 9.97 Å². The van der Waals surface area contributed by atoms with Crippen LogP contribution in [0.1, 0.15) is 10.4 Å². The third kappa shape index (κ3) is 2.51. The summed E-state index contributed by atoms with van der Waals surface area (Å²) >= 11 is 4.62. The van der Waals surface area contributed by atoms with Gasteiger partial charge < -0.3 is 4.74 Å². The van der Waals surface area contributed by atoms with Crippen LogP contribution in [0.15, 0.2) is 22.9 Å². The highest BCUT2D eigenvalue weighted by molar-refractivity contribution is 9.10. The summed E-state index contributed by atoms with van der Waals surface area (Å²) in [5.41, 5.74) is 0.974. The van der Waals surface area contributed by atoms with Crippen molar-refractivity contribution >= 4 is 37.5 Å². The van der Waals surface area contributed by atoms with Crippen LogP contribution in [0.3, 0.4) is 0 Å². The molecule has 0 amide bonds. The van der Waals surface area contributed by atoms with Crippen molar-refractivity contribution in [3.05, 3.63) is 45.0 Å². The smallest absolute Gasteiger partial charge is 0.231 e. The molecule has 0 bridgehead atoms. The summed E-state index contributed by atoms with van der Waals surface area (Å²) in [4.78, 5) is 10.1. The molecule has 0 spiro atoms. The lowest BCUT2D eigenvalue weighted by Crippen LogP contribution is -1.95. The van der Waals surface area contributed by atoms with Gasteiger partial charge in [0.2, 0.25) is 11.7 Å². The average Bonchev–Trinajstić information content (AvgIpc) is 2.72. The quantitative estimate of drug-likeness (QED) is 0.585. The number of fused-ring (bicyclic) bond motifs is 1. The third-order valence-corrected chi connectivity index (χ3v) is 4.67. The minimum absolute atomic E-state index is 0.217. The van der Waals surface area contributed by atoms with Crippen molar-refractivity contribution in [3.8, 4) is 11.6 Å². The first-order chi connectivity index (χ1) is 9.97. The van der Waals surface area contributed by atoms with Gasteiger partial charge in [0.05, 0.1) is 5.39 Å². The molecule has 0 radical (unpaired) electrons. The largest absolute Gasteiger partial charge is 0.435 e. The second kappa shape index (κ2) is 5.31. The predicted molar refractivity (Wildman–Crippen MR) is 81.0 cm³/mol. The van der Waals surface area contributed by atoms with Crippen LogP contribution < -0.4 is 4.74 Å². The van der Waals surface area contributed by atoms with E-state index in [1.54, 1.807) is 0 Å². The Morgan fingerprint density at radius 2 is 1.95 bits per heavy atom. The molecule has 0 aliphatic heterocycles. The molecule has 2 heterocycles. The van der Waals surface area contributed by atoms with Gasteiger partial charge in [-0.3, -0.25) is 0 Å². The van der Waals surface area contributed by atoms with Crippen molar-refractivity contribution in [1.82, 2.24) is 9.97 Å². The summed E-state index contributed by atoms with van der Waals surface area (Å²) in [6.07, 6.45) is 1.35. The maximum atomic E-state index is 13.8. The molecule has 2 aromatic heterocycles. The number of thiophene rings is 1. The van der Waals surface area contributed by atoms with E-state index >= 15 is 0 Å². The zero-order valence-corrected chi connectivity index (χ0v) is 13.5. The van der Waals surface area contributed by atoms with Gasteiger partial charge in [0.15, 0.2) is 11.6 Å². The van der Waals surface area contributed by atoms with Crippen molar-refractivity contribution in [2.45, 2.75) is 13.8 Å². The van der Waals surface area contributed by atoms with Gasteiger partial charge in [0, 0.05) is 9.35 Å². The van der Waals surface area contributed by atoms with E-state index in [1.165, 1.54) is 23.7 Å². The van der Waals surface area contributed by atoms with E-state index in [9.17, 15) is 8.78 Å². The minimum atomic E-state index is -1.05. The minimum Gasteiger partial charge on any atom is -0.435 e. The van der Waals surface area contributed by atoms with Crippen molar-refractivity contribution in [1.29, 1.82) is 0 Å². The second-order valence-electron chi connectivity index (χ2n) is 4.44. The molecule has 3 rings (SSSR count). The fraction of sp³-hybridized carbons (Fsp3) is 0.143. The Morgan fingerprint density at radius 1 is 1.19 bits per heavy atom. The number of benzene rings is 1. The normalized spacial score (nSPS) is 11.1. The van der Waals surface area contributed by atoms with Crippen LogP contribution in [-0.2, 0) is 0 Å². The first-order valence-electron chi connectivity index (χ1n) is 6.00. The van der Waals surface area contributed by atoms with Crippen molar-refractivity contribution in [2.75, 3.05) is 0 Å². The molecule has 1 aromatic carbocycles. The lowest BCUT2D eigenvalue weighted by molar-refractivity contribution is 0.408. The SMILES string of the molecule is Cc1sc2ncnc(Oc3cc(Br)cc(F)c3F)c2c1C. The van der Waals surface area contributed by atoms with E-state index in [-0.39, 0.29) is 11.6 Å². The lowest BCUT2D eigenvalue weighted by Gasteiger charge is -2.08. The fourth-order valence-electron chi connectivity index (χ4n) is 1.94. The van der Waals surface area contributed by atoms with Crippen LogP contribution in [0, 0.1) is 25.5 Å². The predicted octanol–water partition coefficient (Wildman–Crippen LogP) is 5.14. The summed E-state index contributed by atoms with van der Waals surface area (Å²) < 4.78 is 33.1. The van der Waals surface area contributed by atoms with Gasteiger partial charge in [-0.2, -0.15) is 4.39 Å². The summed E-state index contributed by atoms with van der Waals surface area (Å²) in [6, 6.07) is 2.40. The van der Waals surface area contributed by atoms with Gasteiger partial charge in [-0.15, -0.1) is 11.3 Å². The number of aromatic nitrogens is 2. The van der Waals surface area contributed by atoms with E-state index in [4.69, 9.17) is 4.74 Å². The van der Waals surface area contributed by atoms with Crippen LogP contribution in [0.2, 0.25) is 0 Å². The third-order valence-electron chi connectivity index (χ3n) is 3.10. The molecule has 0 fully saturated rings. The highest BCUT2D eigenvalue weighted by Gasteiger charge is 2.17. The molecule has 108 valence electrons. The molecule has 3 nitrogen and oxygen atoms in total. The topological polar surface area (TPSA) is 35.0 Å². The zero-order valence-electron chi connectivity index (χ0n) is 11.1. The first-order valence-corrected chi connectivity index (χ1v) is 7.61. The van der Waals surface area contributed by atoms with E-state index in [1.807, 2.05) is 13.8 Å². The molecule has 0 N–H and O–H groups in total. The monoisotopic (exact) mass is 370 g/mol. The second-order valence-corrected chi connectivity index (χ2v) is 6.56. The van der Waals surface area contributed by atoms with Crippen LogP contribution in [0.4, 0.5) is 8.78 Å². The van der Waals surface area contributed by atoms with E-state index < -0.39 is 11.6 Å². The summed E-state index contributed by atoms with van der Waals surface area (Å²) in [5.74, 6) is -2.03. The highest BCUT2D eigenvalue weighted by Crippen LogP contribution is 2.37. The van der Waals surface area contributed by atoms with Gasteiger partial charge in [0.25, 0.3) is 0 Å². The maximum Gasteiger partial charge on any atom is 0.231 e. The number of halogens is 3. The molecular weight excluding hydrogens is 362 g/mol. The molecule has 0 aliphatic rings. The maximum absolute atomic E-state index is 13.8. The molecule has 7 heteroatoms. The molecule has 0 unspecified atom stereocenters. The van der Waals surface area contributed by atoms with Crippen molar-refractivity contribution < 1.29 is 13.5 Å². The Hall–Kier alpha value is -1.60. The van der Waals surface area contributed by atoms with Gasteiger partial charge in [0.1, 0.15) is 11.2 Å². The number of aryl methyl sites for hydroxylation is 2. The Labute approximate surface area is 131 Å². The average molecular weight is 371 g/mol.